The van der Waals surface area contributed by atoms with Crippen LogP contribution in [0.25, 0.3) is 0 Å². The number of amides is 1. The first-order valence-corrected chi connectivity index (χ1v) is 8.05. The molecule has 3 atom stereocenters. The maximum atomic E-state index is 12.9. The molecule has 0 spiro atoms. The van der Waals surface area contributed by atoms with E-state index in [2.05, 4.69) is 25.7 Å². The van der Waals surface area contributed by atoms with Crippen molar-refractivity contribution in [3.05, 3.63) is 0 Å². The zero-order valence-corrected chi connectivity index (χ0v) is 12.7. The molecule has 2 saturated heterocycles. The van der Waals surface area contributed by atoms with E-state index in [4.69, 9.17) is 4.74 Å². The second-order valence-corrected chi connectivity index (χ2v) is 6.37. The predicted molar refractivity (Wildman–Crippen MR) is 76.9 cm³/mol. The Morgan fingerprint density at radius 1 is 1.16 bits per heavy atom. The number of carbonyl (C=O) groups excluding carboxylic acids is 1. The molecule has 2 aliphatic rings. The van der Waals surface area contributed by atoms with E-state index in [0.29, 0.717) is 23.9 Å². The van der Waals surface area contributed by atoms with Crippen molar-refractivity contribution < 1.29 is 9.53 Å². The van der Waals surface area contributed by atoms with E-state index in [-0.39, 0.29) is 5.92 Å². The van der Waals surface area contributed by atoms with Gasteiger partial charge in [-0.15, -0.1) is 0 Å². The van der Waals surface area contributed by atoms with Gasteiger partial charge in [0.2, 0.25) is 5.91 Å². The molecule has 3 heteroatoms. The Morgan fingerprint density at radius 3 is 2.26 bits per heavy atom. The summed E-state index contributed by atoms with van der Waals surface area (Å²) in [5, 5.41) is 0. The number of carbonyl (C=O) groups is 1. The quantitative estimate of drug-likeness (QED) is 0.782. The lowest BCUT2D eigenvalue weighted by atomic mass is 9.82. The third-order valence-electron chi connectivity index (χ3n) is 4.96. The number of rotatable bonds is 4. The van der Waals surface area contributed by atoms with Crippen LogP contribution in [-0.4, -0.2) is 36.1 Å². The lowest BCUT2D eigenvalue weighted by molar-refractivity contribution is -0.141. The fraction of sp³-hybridized carbons (Fsp3) is 0.938. The van der Waals surface area contributed by atoms with Crippen LogP contribution in [0, 0.1) is 11.8 Å². The molecule has 0 aromatic rings. The van der Waals surface area contributed by atoms with Gasteiger partial charge in [-0.25, -0.2) is 0 Å². The number of ether oxygens (including phenoxy) is 1. The standard InChI is InChI=1S/C16H29NO2/c1-4-5-15(14-8-10-19-11-9-14)16(18)17-12(2)6-7-13(17)3/h12-15H,4-11H2,1-3H3/t12-,13?,15?/m1/s1. The molecular formula is C16H29NO2. The summed E-state index contributed by atoms with van der Waals surface area (Å²) in [4.78, 5) is 15.1. The fourth-order valence-corrected chi connectivity index (χ4v) is 3.81. The number of hydrogen-bond donors (Lipinski definition) is 0. The van der Waals surface area contributed by atoms with Crippen LogP contribution in [0.4, 0.5) is 0 Å². The molecule has 2 aliphatic heterocycles. The maximum absolute atomic E-state index is 12.9. The van der Waals surface area contributed by atoms with Gasteiger partial charge in [-0.1, -0.05) is 13.3 Å². The van der Waals surface area contributed by atoms with Crippen molar-refractivity contribution in [3.63, 3.8) is 0 Å². The minimum absolute atomic E-state index is 0.233. The van der Waals surface area contributed by atoms with Gasteiger partial charge in [0.1, 0.15) is 0 Å². The van der Waals surface area contributed by atoms with Gasteiger partial charge in [0, 0.05) is 31.2 Å². The first-order valence-electron chi connectivity index (χ1n) is 8.05. The number of nitrogens with zero attached hydrogens (tertiary/aromatic N) is 1. The average molecular weight is 267 g/mol. The third-order valence-corrected chi connectivity index (χ3v) is 4.96. The van der Waals surface area contributed by atoms with Gasteiger partial charge >= 0.3 is 0 Å². The molecule has 0 saturated carbocycles. The van der Waals surface area contributed by atoms with E-state index < -0.39 is 0 Å². The first kappa shape index (κ1) is 14.8. The molecule has 1 amide bonds. The SMILES string of the molecule is CCCC(C(=O)N1C(C)CC[C@H]1C)C1CCOCC1. The smallest absolute Gasteiger partial charge is 0.226 e. The lowest BCUT2D eigenvalue weighted by Crippen LogP contribution is -2.45. The minimum Gasteiger partial charge on any atom is -0.381 e. The second kappa shape index (κ2) is 6.74. The molecule has 0 bridgehead atoms. The molecule has 0 radical (unpaired) electrons. The summed E-state index contributed by atoms with van der Waals surface area (Å²) < 4.78 is 5.45. The van der Waals surface area contributed by atoms with Crippen LogP contribution in [-0.2, 0) is 9.53 Å². The molecule has 0 aliphatic carbocycles. The average Bonchev–Trinajstić information content (AvgIpc) is 2.76. The summed E-state index contributed by atoms with van der Waals surface area (Å²) >= 11 is 0. The Morgan fingerprint density at radius 2 is 1.74 bits per heavy atom. The van der Waals surface area contributed by atoms with Crippen molar-refractivity contribution in [3.8, 4) is 0 Å². The molecule has 110 valence electrons. The number of hydrogen-bond acceptors (Lipinski definition) is 2. The Labute approximate surface area is 117 Å². The minimum atomic E-state index is 0.233. The summed E-state index contributed by atoms with van der Waals surface area (Å²) in [5.74, 6) is 1.20. The van der Waals surface area contributed by atoms with Crippen molar-refractivity contribution >= 4 is 5.91 Å². The topological polar surface area (TPSA) is 29.5 Å². The highest BCUT2D eigenvalue weighted by molar-refractivity contribution is 5.80. The first-order chi connectivity index (χ1) is 9.15. The van der Waals surface area contributed by atoms with E-state index >= 15 is 0 Å². The van der Waals surface area contributed by atoms with Gasteiger partial charge in [0.15, 0.2) is 0 Å². The van der Waals surface area contributed by atoms with E-state index in [9.17, 15) is 4.79 Å². The monoisotopic (exact) mass is 267 g/mol. The molecule has 0 aromatic heterocycles. The highest BCUT2D eigenvalue weighted by Gasteiger charge is 2.38. The Kier molecular flexibility index (Phi) is 5.26. The zero-order chi connectivity index (χ0) is 13.8. The van der Waals surface area contributed by atoms with Gasteiger partial charge < -0.3 is 9.64 Å². The van der Waals surface area contributed by atoms with E-state index in [1.54, 1.807) is 0 Å². The highest BCUT2D eigenvalue weighted by Crippen LogP contribution is 2.33. The van der Waals surface area contributed by atoms with Crippen molar-refractivity contribution in [2.75, 3.05) is 13.2 Å². The van der Waals surface area contributed by atoms with Gasteiger partial charge in [-0.2, -0.15) is 0 Å². The van der Waals surface area contributed by atoms with Crippen LogP contribution in [0.5, 0.6) is 0 Å². The van der Waals surface area contributed by atoms with Crippen LogP contribution in [0.1, 0.15) is 59.3 Å². The van der Waals surface area contributed by atoms with E-state index in [1.807, 2.05) is 0 Å². The van der Waals surface area contributed by atoms with Crippen molar-refractivity contribution in [1.82, 2.24) is 4.90 Å². The van der Waals surface area contributed by atoms with Gasteiger partial charge in [0.25, 0.3) is 0 Å². The molecule has 2 unspecified atom stereocenters. The van der Waals surface area contributed by atoms with Crippen LogP contribution >= 0.6 is 0 Å². The molecule has 0 aromatic carbocycles. The molecule has 2 fully saturated rings. The van der Waals surface area contributed by atoms with Crippen molar-refractivity contribution in [1.29, 1.82) is 0 Å². The molecule has 3 nitrogen and oxygen atoms in total. The fourth-order valence-electron chi connectivity index (χ4n) is 3.81. The molecule has 2 rings (SSSR count). The Hall–Kier alpha value is -0.570. The zero-order valence-electron chi connectivity index (χ0n) is 12.7. The Balaban J connectivity index is 2.06. The summed E-state index contributed by atoms with van der Waals surface area (Å²) in [6.07, 6.45) is 6.60. The summed E-state index contributed by atoms with van der Waals surface area (Å²) in [7, 11) is 0. The summed E-state index contributed by atoms with van der Waals surface area (Å²) in [6, 6.07) is 0.864. The maximum Gasteiger partial charge on any atom is 0.226 e. The van der Waals surface area contributed by atoms with Crippen LogP contribution in [0.15, 0.2) is 0 Å². The van der Waals surface area contributed by atoms with Crippen LogP contribution in [0.3, 0.4) is 0 Å². The third kappa shape index (κ3) is 3.31. The van der Waals surface area contributed by atoms with E-state index in [0.717, 1.165) is 38.9 Å². The predicted octanol–water partition coefficient (Wildman–Crippen LogP) is 3.23. The Bertz CT molecular complexity index is 289. The molecular weight excluding hydrogens is 238 g/mol. The largest absolute Gasteiger partial charge is 0.381 e. The normalized spacial score (nSPS) is 30.6. The molecule has 0 N–H and O–H groups in total. The second-order valence-electron chi connectivity index (χ2n) is 6.37. The van der Waals surface area contributed by atoms with Crippen molar-refractivity contribution in [2.45, 2.75) is 71.4 Å². The molecule has 19 heavy (non-hydrogen) atoms. The van der Waals surface area contributed by atoms with Gasteiger partial charge in [0.05, 0.1) is 0 Å². The van der Waals surface area contributed by atoms with Crippen molar-refractivity contribution in [2.24, 2.45) is 11.8 Å². The van der Waals surface area contributed by atoms with E-state index in [1.165, 1.54) is 12.8 Å². The molecule has 2 heterocycles. The van der Waals surface area contributed by atoms with Crippen LogP contribution < -0.4 is 0 Å². The van der Waals surface area contributed by atoms with Gasteiger partial charge in [-0.05, 0) is 51.9 Å². The summed E-state index contributed by atoms with van der Waals surface area (Å²) in [5.41, 5.74) is 0. The lowest BCUT2D eigenvalue weighted by Gasteiger charge is -2.35. The highest BCUT2D eigenvalue weighted by atomic mass is 16.5. The van der Waals surface area contributed by atoms with Crippen LogP contribution in [0.2, 0.25) is 0 Å². The summed E-state index contributed by atoms with van der Waals surface area (Å²) in [6.45, 7) is 8.27. The van der Waals surface area contributed by atoms with Gasteiger partial charge in [-0.3, -0.25) is 4.79 Å². The number of likely N-dealkylation sites (tertiary alicyclic amines) is 1.